The van der Waals surface area contributed by atoms with Crippen LogP contribution in [0.2, 0.25) is 10.0 Å². The molecule has 0 aliphatic carbocycles. The molecule has 0 saturated carbocycles. The van der Waals surface area contributed by atoms with Crippen LogP contribution in [-0.4, -0.2) is 58.7 Å². The summed E-state index contributed by atoms with van der Waals surface area (Å²) < 4.78 is 20.2. The van der Waals surface area contributed by atoms with Crippen molar-refractivity contribution in [1.82, 2.24) is 9.13 Å². The molecule has 0 aliphatic rings. The number of hydrogen-bond donors (Lipinski definition) is 2. The predicted octanol–water partition coefficient (Wildman–Crippen LogP) is 7.84. The van der Waals surface area contributed by atoms with Crippen molar-refractivity contribution in [2.24, 2.45) is 0 Å². The number of rotatable bonds is 10. The average Bonchev–Trinajstić information content (AvgIpc) is 3.69. The molecule has 0 atom stereocenters. The first-order chi connectivity index (χ1) is 22.8. The van der Waals surface area contributed by atoms with Gasteiger partial charge in [0.2, 0.25) is 0 Å². The number of carboxylic acid groups (broad SMARTS) is 1. The molecule has 0 amide bonds. The van der Waals surface area contributed by atoms with E-state index in [2.05, 4.69) is 0 Å². The number of aromatic nitrogens is 2. The number of benzene rings is 4. The molecule has 0 unspecified atom stereocenters. The highest BCUT2D eigenvalue weighted by molar-refractivity contribution is 6.31. The summed E-state index contributed by atoms with van der Waals surface area (Å²) in [6.07, 6.45) is 3.91. The van der Waals surface area contributed by atoms with Crippen molar-refractivity contribution in [3.63, 3.8) is 0 Å². The maximum absolute atomic E-state index is 11.7. The molecule has 2 N–H and O–H groups in total. The van der Waals surface area contributed by atoms with Gasteiger partial charge in [-0.15, -0.1) is 0 Å². The Balaban J connectivity index is 0.000000202. The number of methoxy groups -OCH3 is 1. The second-order valence-corrected chi connectivity index (χ2v) is 10.8. The molecule has 0 fully saturated rings. The molecule has 2 aromatic heterocycles. The molecule has 11 heteroatoms. The summed E-state index contributed by atoms with van der Waals surface area (Å²) in [5, 5.41) is 19.4. The van der Waals surface area contributed by atoms with Gasteiger partial charge < -0.3 is 33.6 Å². The van der Waals surface area contributed by atoms with Gasteiger partial charge in [0.15, 0.2) is 0 Å². The Morgan fingerprint density at radius 2 is 1.13 bits per heavy atom. The van der Waals surface area contributed by atoms with E-state index in [4.69, 9.17) is 47.6 Å². The minimum Gasteiger partial charge on any atom is -0.492 e. The lowest BCUT2D eigenvalue weighted by Crippen LogP contribution is -2.08. The van der Waals surface area contributed by atoms with Crippen LogP contribution in [-0.2, 0) is 17.8 Å². The Morgan fingerprint density at radius 3 is 1.57 bits per heavy atom. The van der Waals surface area contributed by atoms with Crippen LogP contribution < -0.4 is 9.47 Å². The zero-order valence-corrected chi connectivity index (χ0v) is 27.3. The molecule has 6 rings (SSSR count). The third-order valence-electron chi connectivity index (χ3n) is 7.01. The van der Waals surface area contributed by atoms with E-state index >= 15 is 0 Å². The number of halogens is 2. The summed E-state index contributed by atoms with van der Waals surface area (Å²) in [6.45, 7) is 2.27. The number of fused-ring (bicyclic) bond motifs is 2. The third kappa shape index (κ3) is 9.52. The molecule has 0 bridgehead atoms. The fourth-order valence-electron chi connectivity index (χ4n) is 4.77. The van der Waals surface area contributed by atoms with Crippen molar-refractivity contribution in [2.75, 3.05) is 27.4 Å². The van der Waals surface area contributed by atoms with Crippen molar-refractivity contribution in [3.05, 3.63) is 131 Å². The second-order valence-electron chi connectivity index (χ2n) is 9.97. The first-order valence-corrected chi connectivity index (χ1v) is 15.3. The van der Waals surface area contributed by atoms with Crippen LogP contribution in [0.5, 0.6) is 11.5 Å². The first kappa shape index (κ1) is 34.9. The molecule has 0 aliphatic heterocycles. The maximum atomic E-state index is 11.7. The number of nitrogens with zero attached hydrogens (tertiary/aromatic N) is 2. The summed E-state index contributed by atoms with van der Waals surface area (Å²) in [5.74, 6) is 0.194. The summed E-state index contributed by atoms with van der Waals surface area (Å²) in [5.41, 5.74) is 2.68. The molecule has 0 radical (unpaired) electrons. The minimum absolute atomic E-state index is 0.281. The molecular weight excluding hydrogens is 643 g/mol. The highest BCUT2D eigenvalue weighted by atomic mass is 35.5. The van der Waals surface area contributed by atoms with Gasteiger partial charge in [0.05, 0.1) is 31.3 Å². The van der Waals surface area contributed by atoms with E-state index in [0.717, 1.165) is 40.4 Å². The number of aliphatic hydroxyl groups is 1. The molecule has 6 aromatic rings. The van der Waals surface area contributed by atoms with Crippen LogP contribution in [0.15, 0.2) is 109 Å². The summed E-state index contributed by atoms with van der Waals surface area (Å²) >= 11 is 11.8. The summed E-state index contributed by atoms with van der Waals surface area (Å²) in [6, 6.07) is 29.1. The number of esters is 1. The van der Waals surface area contributed by atoms with E-state index in [9.17, 15) is 9.59 Å². The average molecular weight is 678 g/mol. The molecule has 2 heterocycles. The van der Waals surface area contributed by atoms with Gasteiger partial charge >= 0.3 is 11.9 Å². The smallest absolute Gasteiger partial charge is 0.337 e. The molecule has 9 nitrogen and oxygen atoms in total. The Kier molecular flexibility index (Phi) is 12.7. The standard InChI is InChI=1S/C18H16ClNO3.C17H14ClNO3.CH4O/c1-22-18(21)14-6-5-13-7-8-20(17(13)11-14)9-10-23-16-4-2-3-15(19)12-16;18-14-2-1-3-15(11-14)22-9-8-19-7-6-12-4-5-13(17(20)21)10-16(12)19;1-2/h2-8,11-12H,9-10H2,1H3;1-7,10-11H,8-9H2,(H,20,21);2H,1H3. The Morgan fingerprint density at radius 1 is 0.660 bits per heavy atom. The maximum Gasteiger partial charge on any atom is 0.337 e. The van der Waals surface area contributed by atoms with E-state index in [-0.39, 0.29) is 11.5 Å². The second kappa shape index (κ2) is 17.1. The van der Waals surface area contributed by atoms with Crippen molar-refractivity contribution in [2.45, 2.75) is 13.1 Å². The van der Waals surface area contributed by atoms with Gasteiger partial charge in [-0.2, -0.15) is 0 Å². The molecule has 0 spiro atoms. The van der Waals surface area contributed by atoms with Gasteiger partial charge in [-0.05, 0) is 83.6 Å². The summed E-state index contributed by atoms with van der Waals surface area (Å²) in [4.78, 5) is 22.7. The normalized spacial score (nSPS) is 10.4. The quantitative estimate of drug-likeness (QED) is 0.142. The SMILES string of the molecule is CO.COC(=O)c1ccc2ccn(CCOc3cccc(Cl)c3)c2c1.O=C(O)c1ccc2ccn(CCOc3cccc(Cl)c3)c2c1. The zero-order chi connectivity index (χ0) is 33.8. The Labute approximate surface area is 282 Å². The van der Waals surface area contributed by atoms with Crippen LogP contribution in [0.25, 0.3) is 21.8 Å². The van der Waals surface area contributed by atoms with E-state index in [1.165, 1.54) is 7.11 Å². The number of carboxylic acids is 1. The Bertz CT molecular complexity index is 1950. The van der Waals surface area contributed by atoms with Gasteiger partial charge in [0.25, 0.3) is 0 Å². The van der Waals surface area contributed by atoms with Crippen LogP contribution >= 0.6 is 23.2 Å². The number of carbonyl (C=O) groups excluding carboxylic acids is 1. The minimum atomic E-state index is -0.926. The Hall–Kier alpha value is -4.96. The molecular formula is C36H34Cl2N2O7. The fraction of sp³-hybridized carbons (Fsp3) is 0.167. The molecule has 244 valence electrons. The van der Waals surface area contributed by atoms with Gasteiger partial charge in [-0.1, -0.05) is 47.5 Å². The number of ether oxygens (including phenoxy) is 3. The van der Waals surface area contributed by atoms with Crippen molar-refractivity contribution < 1.29 is 34.0 Å². The highest BCUT2D eigenvalue weighted by Crippen LogP contribution is 2.21. The van der Waals surface area contributed by atoms with Gasteiger partial charge in [-0.25, -0.2) is 9.59 Å². The van der Waals surface area contributed by atoms with Crippen molar-refractivity contribution in [1.29, 1.82) is 0 Å². The summed E-state index contributed by atoms with van der Waals surface area (Å²) in [7, 11) is 2.38. The first-order valence-electron chi connectivity index (χ1n) is 14.5. The fourth-order valence-corrected chi connectivity index (χ4v) is 5.13. The largest absolute Gasteiger partial charge is 0.492 e. The highest BCUT2D eigenvalue weighted by Gasteiger charge is 2.09. The van der Waals surface area contributed by atoms with E-state index in [1.54, 1.807) is 36.4 Å². The van der Waals surface area contributed by atoms with Gasteiger partial charge in [0.1, 0.15) is 24.7 Å². The van der Waals surface area contributed by atoms with Crippen molar-refractivity contribution >= 4 is 56.9 Å². The van der Waals surface area contributed by atoms with E-state index < -0.39 is 5.97 Å². The molecule has 47 heavy (non-hydrogen) atoms. The third-order valence-corrected chi connectivity index (χ3v) is 7.48. The van der Waals surface area contributed by atoms with Gasteiger partial charge in [0, 0.05) is 40.6 Å². The lowest BCUT2D eigenvalue weighted by atomic mass is 10.1. The zero-order valence-electron chi connectivity index (χ0n) is 25.8. The van der Waals surface area contributed by atoms with Crippen LogP contribution in [0, 0.1) is 0 Å². The van der Waals surface area contributed by atoms with Crippen LogP contribution in [0.3, 0.4) is 0 Å². The molecule has 4 aromatic carbocycles. The van der Waals surface area contributed by atoms with E-state index in [0.29, 0.717) is 41.9 Å². The van der Waals surface area contributed by atoms with Crippen LogP contribution in [0.1, 0.15) is 20.7 Å². The van der Waals surface area contributed by atoms with Crippen LogP contribution in [0.4, 0.5) is 0 Å². The number of hydrogen-bond acceptors (Lipinski definition) is 6. The number of carbonyl (C=O) groups is 2. The van der Waals surface area contributed by atoms with Gasteiger partial charge in [-0.3, -0.25) is 0 Å². The van der Waals surface area contributed by atoms with E-state index in [1.807, 2.05) is 82.2 Å². The number of aromatic carboxylic acids is 1. The lowest BCUT2D eigenvalue weighted by Gasteiger charge is -2.09. The predicted molar refractivity (Wildman–Crippen MR) is 184 cm³/mol. The number of aliphatic hydroxyl groups excluding tert-OH is 1. The topological polar surface area (TPSA) is 112 Å². The van der Waals surface area contributed by atoms with Crippen molar-refractivity contribution in [3.8, 4) is 11.5 Å². The lowest BCUT2D eigenvalue weighted by molar-refractivity contribution is 0.0600. The molecule has 0 saturated heterocycles. The monoisotopic (exact) mass is 676 g/mol.